The minimum absolute atomic E-state index is 0.00357. The van der Waals surface area contributed by atoms with Gasteiger partial charge in [-0.05, 0) is 53.9 Å². The van der Waals surface area contributed by atoms with Gasteiger partial charge in [-0.2, -0.15) is 0 Å². The molecule has 0 aliphatic rings. The number of rotatable bonds is 4. The van der Waals surface area contributed by atoms with Crippen molar-refractivity contribution < 1.29 is 4.79 Å². The summed E-state index contributed by atoms with van der Waals surface area (Å²) in [7, 11) is 0. The predicted molar refractivity (Wildman–Crippen MR) is 99.2 cm³/mol. The Balaban J connectivity index is 2.02. The van der Waals surface area contributed by atoms with Crippen LogP contribution in [-0.2, 0) is 6.54 Å². The maximum atomic E-state index is 13.1. The molecule has 0 unspecified atom stereocenters. The second-order valence-corrected chi connectivity index (χ2v) is 6.80. The van der Waals surface area contributed by atoms with Gasteiger partial charge in [-0.15, -0.1) is 0 Å². The number of benzene rings is 1. The van der Waals surface area contributed by atoms with Crippen LogP contribution < -0.4 is 0 Å². The molecule has 0 saturated carbocycles. The van der Waals surface area contributed by atoms with Crippen LogP contribution in [0.2, 0.25) is 0 Å². The second-order valence-electron chi connectivity index (χ2n) is 5.89. The lowest BCUT2D eigenvalue weighted by atomic mass is 10.2. The molecule has 0 saturated heterocycles. The molecule has 0 radical (unpaired) electrons. The van der Waals surface area contributed by atoms with Crippen molar-refractivity contribution in [1.82, 2.24) is 14.3 Å². The van der Waals surface area contributed by atoms with Gasteiger partial charge in [0.15, 0.2) is 0 Å². The number of pyridine rings is 1. The molecule has 2 heterocycles. The average Bonchev–Trinajstić information content (AvgIpc) is 2.89. The molecule has 2 aromatic heterocycles. The van der Waals surface area contributed by atoms with E-state index < -0.39 is 0 Å². The van der Waals surface area contributed by atoms with Gasteiger partial charge in [-0.25, -0.2) is 4.98 Å². The van der Waals surface area contributed by atoms with Crippen LogP contribution in [0.5, 0.6) is 0 Å². The molecule has 3 rings (SSSR count). The van der Waals surface area contributed by atoms with Crippen molar-refractivity contribution in [2.24, 2.45) is 0 Å². The number of nitrogens with zero attached hydrogens (tertiary/aromatic N) is 3. The van der Waals surface area contributed by atoms with Gasteiger partial charge in [0.25, 0.3) is 5.91 Å². The maximum Gasteiger partial charge on any atom is 0.273 e. The summed E-state index contributed by atoms with van der Waals surface area (Å²) in [5, 5.41) is 0. The Kier molecular flexibility index (Phi) is 4.71. The summed E-state index contributed by atoms with van der Waals surface area (Å²) < 4.78 is 2.83. The first-order valence-corrected chi connectivity index (χ1v) is 8.78. The summed E-state index contributed by atoms with van der Waals surface area (Å²) in [5.74, 6) is 0.00357. The van der Waals surface area contributed by atoms with Gasteiger partial charge < -0.3 is 4.90 Å². The fourth-order valence-electron chi connectivity index (χ4n) is 2.92. The van der Waals surface area contributed by atoms with Gasteiger partial charge in [0.05, 0.1) is 5.69 Å². The van der Waals surface area contributed by atoms with Crippen LogP contribution in [0.25, 0.3) is 5.65 Å². The Morgan fingerprint density at radius 1 is 1.25 bits per heavy atom. The first-order valence-electron chi connectivity index (χ1n) is 7.99. The SMILES string of the molecule is CCN(Cc1ccccc1)C(=O)c1c(C)nc2c(C)cc(Br)cn12. The van der Waals surface area contributed by atoms with E-state index in [0.717, 1.165) is 26.9 Å². The van der Waals surface area contributed by atoms with Gasteiger partial charge >= 0.3 is 0 Å². The summed E-state index contributed by atoms with van der Waals surface area (Å²) in [5.41, 5.74) is 4.38. The molecular weight excluding hydrogens is 366 g/mol. The Labute approximate surface area is 150 Å². The van der Waals surface area contributed by atoms with Crippen LogP contribution in [0.15, 0.2) is 47.1 Å². The molecule has 0 spiro atoms. The fraction of sp³-hybridized carbons (Fsp3) is 0.263. The normalized spacial score (nSPS) is 11.0. The van der Waals surface area contributed by atoms with Gasteiger partial charge in [0, 0.05) is 23.8 Å². The number of imidazole rings is 1. The van der Waals surface area contributed by atoms with E-state index in [1.807, 2.05) is 72.7 Å². The number of hydrogen-bond acceptors (Lipinski definition) is 2. The van der Waals surface area contributed by atoms with Crippen LogP contribution in [0, 0.1) is 13.8 Å². The zero-order valence-electron chi connectivity index (χ0n) is 14.1. The minimum Gasteiger partial charge on any atom is -0.333 e. The van der Waals surface area contributed by atoms with Crippen LogP contribution in [0.4, 0.5) is 0 Å². The van der Waals surface area contributed by atoms with E-state index in [4.69, 9.17) is 0 Å². The van der Waals surface area contributed by atoms with Crippen molar-refractivity contribution in [3.8, 4) is 0 Å². The molecule has 0 aliphatic carbocycles. The lowest BCUT2D eigenvalue weighted by Gasteiger charge is -2.21. The maximum absolute atomic E-state index is 13.1. The van der Waals surface area contributed by atoms with Gasteiger partial charge in [-0.3, -0.25) is 9.20 Å². The van der Waals surface area contributed by atoms with E-state index in [9.17, 15) is 4.79 Å². The smallest absolute Gasteiger partial charge is 0.273 e. The number of fused-ring (bicyclic) bond motifs is 1. The Morgan fingerprint density at radius 2 is 1.96 bits per heavy atom. The molecule has 3 aromatic rings. The third-order valence-corrected chi connectivity index (χ3v) is 4.57. The van der Waals surface area contributed by atoms with E-state index in [1.165, 1.54) is 0 Å². The zero-order chi connectivity index (χ0) is 17.3. The highest BCUT2D eigenvalue weighted by atomic mass is 79.9. The molecule has 5 heteroatoms. The van der Waals surface area contributed by atoms with Crippen molar-refractivity contribution >= 4 is 27.5 Å². The average molecular weight is 386 g/mol. The largest absolute Gasteiger partial charge is 0.333 e. The van der Waals surface area contributed by atoms with Crippen molar-refractivity contribution in [3.05, 3.63) is 69.6 Å². The third kappa shape index (κ3) is 3.08. The number of aromatic nitrogens is 2. The molecule has 1 aromatic carbocycles. The molecule has 0 aliphatic heterocycles. The van der Waals surface area contributed by atoms with Crippen LogP contribution >= 0.6 is 15.9 Å². The Bertz CT molecular complexity index is 887. The number of hydrogen-bond donors (Lipinski definition) is 0. The van der Waals surface area contributed by atoms with Gasteiger partial charge in [-0.1, -0.05) is 30.3 Å². The summed E-state index contributed by atoms with van der Waals surface area (Å²) in [6.45, 7) is 7.13. The standard InChI is InChI=1S/C19H20BrN3O/c1-4-22(11-15-8-6-5-7-9-15)19(24)17-14(3)21-18-13(2)10-16(20)12-23(17)18/h5-10,12H,4,11H2,1-3H3. The number of carbonyl (C=O) groups is 1. The van der Waals surface area contributed by atoms with Crippen molar-refractivity contribution in [2.45, 2.75) is 27.3 Å². The summed E-state index contributed by atoms with van der Waals surface area (Å²) in [4.78, 5) is 19.6. The van der Waals surface area contributed by atoms with E-state index in [-0.39, 0.29) is 5.91 Å². The van der Waals surface area contributed by atoms with Crippen LogP contribution in [0.1, 0.15) is 34.2 Å². The number of halogens is 1. The number of aryl methyl sites for hydroxylation is 2. The van der Waals surface area contributed by atoms with E-state index in [1.54, 1.807) is 0 Å². The van der Waals surface area contributed by atoms with Crippen molar-refractivity contribution in [1.29, 1.82) is 0 Å². The van der Waals surface area contributed by atoms with Crippen molar-refractivity contribution in [2.75, 3.05) is 6.54 Å². The van der Waals surface area contributed by atoms with Crippen LogP contribution in [-0.4, -0.2) is 26.7 Å². The molecule has 4 nitrogen and oxygen atoms in total. The molecule has 1 amide bonds. The van der Waals surface area contributed by atoms with Gasteiger partial charge in [0.2, 0.25) is 0 Å². The Morgan fingerprint density at radius 3 is 2.62 bits per heavy atom. The van der Waals surface area contributed by atoms with E-state index in [2.05, 4.69) is 20.9 Å². The van der Waals surface area contributed by atoms with E-state index >= 15 is 0 Å². The highest BCUT2D eigenvalue weighted by Crippen LogP contribution is 2.22. The molecule has 0 bridgehead atoms. The lowest BCUT2D eigenvalue weighted by Crippen LogP contribution is -2.31. The fourth-order valence-corrected chi connectivity index (χ4v) is 3.47. The highest BCUT2D eigenvalue weighted by molar-refractivity contribution is 9.10. The van der Waals surface area contributed by atoms with Gasteiger partial charge in [0.1, 0.15) is 11.3 Å². The molecule has 124 valence electrons. The summed E-state index contributed by atoms with van der Waals surface area (Å²) in [6.07, 6.45) is 1.91. The van der Waals surface area contributed by atoms with Crippen LogP contribution in [0.3, 0.4) is 0 Å². The Hall–Kier alpha value is -2.14. The minimum atomic E-state index is 0.00357. The molecule has 0 fully saturated rings. The zero-order valence-corrected chi connectivity index (χ0v) is 15.7. The second kappa shape index (κ2) is 6.77. The summed E-state index contributed by atoms with van der Waals surface area (Å²) in [6, 6.07) is 12.1. The third-order valence-electron chi connectivity index (χ3n) is 4.13. The highest BCUT2D eigenvalue weighted by Gasteiger charge is 2.22. The number of carbonyl (C=O) groups excluding carboxylic acids is 1. The predicted octanol–water partition coefficient (Wildman–Crippen LogP) is 4.38. The monoisotopic (exact) mass is 385 g/mol. The molecular formula is C19H20BrN3O. The first-order chi connectivity index (χ1) is 11.5. The summed E-state index contributed by atoms with van der Waals surface area (Å²) >= 11 is 3.51. The topological polar surface area (TPSA) is 37.6 Å². The number of amides is 1. The molecule has 0 atom stereocenters. The van der Waals surface area contributed by atoms with Crippen molar-refractivity contribution in [3.63, 3.8) is 0 Å². The molecule has 0 N–H and O–H groups in total. The first kappa shape index (κ1) is 16.7. The lowest BCUT2D eigenvalue weighted by molar-refractivity contribution is 0.0745. The molecule has 24 heavy (non-hydrogen) atoms. The quantitative estimate of drug-likeness (QED) is 0.668. The van der Waals surface area contributed by atoms with E-state index in [0.29, 0.717) is 18.8 Å².